The normalized spacial score (nSPS) is 16.6. The maximum absolute atomic E-state index is 12.9. The fraction of sp³-hybridized carbons (Fsp3) is 0.300. The molecule has 0 radical (unpaired) electrons. The smallest absolute Gasteiger partial charge is 0.408 e. The van der Waals surface area contributed by atoms with Gasteiger partial charge < -0.3 is 24.6 Å². The third kappa shape index (κ3) is 6.32. The van der Waals surface area contributed by atoms with E-state index in [0.29, 0.717) is 17.7 Å². The van der Waals surface area contributed by atoms with E-state index < -0.39 is 29.2 Å². The Morgan fingerprint density at radius 1 is 0.921 bits per heavy atom. The number of benzene rings is 3. The second-order valence-corrected chi connectivity index (χ2v) is 10.2. The Labute approximate surface area is 221 Å². The monoisotopic (exact) mass is 517 g/mol. The van der Waals surface area contributed by atoms with Crippen LogP contribution in [0.25, 0.3) is 0 Å². The Hall–Kier alpha value is -4.33. The summed E-state index contributed by atoms with van der Waals surface area (Å²) < 4.78 is 17.0. The first-order valence-corrected chi connectivity index (χ1v) is 12.4. The summed E-state index contributed by atoms with van der Waals surface area (Å²) in [6.07, 6.45) is -0.197. The highest BCUT2D eigenvalue weighted by Gasteiger charge is 2.45. The lowest BCUT2D eigenvalue weighted by Gasteiger charge is -2.36. The van der Waals surface area contributed by atoms with Crippen molar-refractivity contribution < 1.29 is 33.7 Å². The van der Waals surface area contributed by atoms with Gasteiger partial charge in [0, 0.05) is 12.0 Å². The number of carbonyl (C=O) groups excluding carboxylic acids is 2. The second kappa shape index (κ2) is 11.0. The van der Waals surface area contributed by atoms with Crippen molar-refractivity contribution in [2.75, 3.05) is 0 Å². The lowest BCUT2D eigenvalue weighted by molar-refractivity contribution is -0.145. The summed E-state index contributed by atoms with van der Waals surface area (Å²) in [5.41, 5.74) is 0.318. The number of aliphatic carboxylic acids is 1. The van der Waals surface area contributed by atoms with Crippen molar-refractivity contribution in [3.63, 3.8) is 0 Å². The number of alkyl carbamates (subject to hydrolysis) is 1. The standard InChI is InChI=1S/C30H31NO7/c1-29(2,3)38-28(35)31-30(27(33)34)17-16-21-12-9-15-25(23(21)18-30)37-24-14-8-7-13-22(24)26(32)36-19-20-10-5-4-6-11-20/h4-15H,16-19H2,1-3H3,(H,31,35)(H,33,34)/t30-/m1/s1. The molecule has 0 heterocycles. The number of hydrogen-bond donors (Lipinski definition) is 2. The van der Waals surface area contributed by atoms with Gasteiger partial charge in [0.15, 0.2) is 0 Å². The van der Waals surface area contributed by atoms with Crippen molar-refractivity contribution in [3.8, 4) is 11.5 Å². The van der Waals surface area contributed by atoms with Crippen molar-refractivity contribution in [3.05, 3.63) is 95.1 Å². The fourth-order valence-electron chi connectivity index (χ4n) is 4.37. The molecule has 4 rings (SSSR count). The molecule has 0 aromatic heterocycles. The van der Waals surface area contributed by atoms with Crippen LogP contribution in [-0.2, 0) is 33.7 Å². The number of carboxylic acids is 1. The number of aryl methyl sites for hydroxylation is 1. The van der Waals surface area contributed by atoms with E-state index in [-0.39, 0.29) is 30.8 Å². The number of fused-ring (bicyclic) bond motifs is 1. The first-order chi connectivity index (χ1) is 18.1. The van der Waals surface area contributed by atoms with Crippen LogP contribution in [0.4, 0.5) is 4.79 Å². The molecule has 1 aliphatic carbocycles. The summed E-state index contributed by atoms with van der Waals surface area (Å²) in [6.45, 7) is 5.26. The molecule has 0 aliphatic heterocycles. The molecule has 198 valence electrons. The Morgan fingerprint density at radius 2 is 1.61 bits per heavy atom. The molecule has 0 unspecified atom stereocenters. The zero-order chi connectivity index (χ0) is 27.3. The van der Waals surface area contributed by atoms with Gasteiger partial charge in [-0.25, -0.2) is 14.4 Å². The molecule has 1 atom stereocenters. The zero-order valence-corrected chi connectivity index (χ0v) is 21.7. The van der Waals surface area contributed by atoms with Gasteiger partial charge in [0.2, 0.25) is 0 Å². The summed E-state index contributed by atoms with van der Waals surface area (Å²) in [7, 11) is 0. The quantitative estimate of drug-likeness (QED) is 0.388. The predicted octanol–water partition coefficient (Wildman–Crippen LogP) is 5.67. The molecule has 1 aliphatic rings. The molecule has 0 saturated heterocycles. The van der Waals surface area contributed by atoms with Gasteiger partial charge in [-0.1, -0.05) is 54.6 Å². The van der Waals surface area contributed by atoms with Gasteiger partial charge in [0.25, 0.3) is 0 Å². The molecule has 0 spiro atoms. The van der Waals surface area contributed by atoms with Crippen LogP contribution in [0.15, 0.2) is 72.8 Å². The summed E-state index contributed by atoms with van der Waals surface area (Å²) in [5, 5.41) is 12.7. The van der Waals surface area contributed by atoms with Crippen molar-refractivity contribution in [2.24, 2.45) is 0 Å². The topological polar surface area (TPSA) is 111 Å². The van der Waals surface area contributed by atoms with Gasteiger partial charge in [-0.2, -0.15) is 0 Å². The minimum absolute atomic E-state index is 0.00625. The number of para-hydroxylation sites is 1. The van der Waals surface area contributed by atoms with E-state index in [1.165, 1.54) is 0 Å². The number of hydrogen-bond acceptors (Lipinski definition) is 6. The molecule has 38 heavy (non-hydrogen) atoms. The van der Waals surface area contributed by atoms with Gasteiger partial charge in [-0.05, 0) is 62.9 Å². The van der Waals surface area contributed by atoms with Gasteiger partial charge in [-0.15, -0.1) is 0 Å². The molecule has 3 aromatic rings. The van der Waals surface area contributed by atoms with Crippen LogP contribution in [0.3, 0.4) is 0 Å². The van der Waals surface area contributed by atoms with Crippen LogP contribution in [0.2, 0.25) is 0 Å². The third-order valence-electron chi connectivity index (χ3n) is 6.22. The van der Waals surface area contributed by atoms with Gasteiger partial charge in [0.05, 0.1) is 0 Å². The van der Waals surface area contributed by atoms with Crippen LogP contribution in [0, 0.1) is 0 Å². The number of carbonyl (C=O) groups is 3. The van der Waals surface area contributed by atoms with Crippen LogP contribution in [-0.4, -0.2) is 34.3 Å². The Morgan fingerprint density at radius 3 is 2.32 bits per heavy atom. The molecule has 8 heteroatoms. The van der Waals surface area contributed by atoms with Crippen LogP contribution in [0.5, 0.6) is 11.5 Å². The average Bonchev–Trinajstić information content (AvgIpc) is 2.87. The number of ether oxygens (including phenoxy) is 3. The number of carboxylic acid groups (broad SMARTS) is 1. The zero-order valence-electron chi connectivity index (χ0n) is 21.7. The van der Waals surface area contributed by atoms with E-state index in [9.17, 15) is 19.5 Å². The minimum Gasteiger partial charge on any atom is -0.479 e. The lowest BCUT2D eigenvalue weighted by atomic mass is 9.77. The molecule has 0 saturated carbocycles. The van der Waals surface area contributed by atoms with Crippen LogP contribution in [0.1, 0.15) is 54.2 Å². The average molecular weight is 518 g/mol. The summed E-state index contributed by atoms with van der Waals surface area (Å²) in [6, 6.07) is 21.5. The van der Waals surface area contributed by atoms with Crippen molar-refractivity contribution in [1.82, 2.24) is 5.32 Å². The molecule has 0 fully saturated rings. The van der Waals surface area contributed by atoms with Gasteiger partial charge >= 0.3 is 18.0 Å². The summed E-state index contributed by atoms with van der Waals surface area (Å²) in [4.78, 5) is 37.8. The molecule has 3 aromatic carbocycles. The minimum atomic E-state index is -1.57. The second-order valence-electron chi connectivity index (χ2n) is 10.2. The van der Waals surface area contributed by atoms with Crippen LogP contribution >= 0.6 is 0 Å². The highest BCUT2D eigenvalue weighted by molar-refractivity contribution is 5.92. The van der Waals surface area contributed by atoms with E-state index >= 15 is 0 Å². The molecular formula is C30H31NO7. The predicted molar refractivity (Wildman–Crippen MR) is 140 cm³/mol. The lowest BCUT2D eigenvalue weighted by Crippen LogP contribution is -2.58. The fourth-order valence-corrected chi connectivity index (χ4v) is 4.37. The molecule has 2 N–H and O–H groups in total. The number of nitrogens with one attached hydrogen (secondary N) is 1. The first-order valence-electron chi connectivity index (χ1n) is 12.4. The number of rotatable bonds is 7. The molecule has 0 bridgehead atoms. The van der Waals surface area contributed by atoms with Crippen molar-refractivity contribution in [1.29, 1.82) is 0 Å². The largest absolute Gasteiger partial charge is 0.479 e. The third-order valence-corrected chi connectivity index (χ3v) is 6.22. The summed E-state index contributed by atoms with van der Waals surface area (Å²) >= 11 is 0. The number of amides is 1. The Bertz CT molecular complexity index is 1330. The maximum atomic E-state index is 12.9. The van der Waals surface area contributed by atoms with Gasteiger partial charge in [0.1, 0.15) is 34.8 Å². The Kier molecular flexibility index (Phi) is 7.71. The summed E-state index contributed by atoms with van der Waals surface area (Å²) in [5.74, 6) is -1.01. The van der Waals surface area contributed by atoms with E-state index in [2.05, 4.69) is 5.32 Å². The van der Waals surface area contributed by atoms with E-state index in [1.807, 2.05) is 42.5 Å². The van der Waals surface area contributed by atoms with Crippen molar-refractivity contribution >= 4 is 18.0 Å². The van der Waals surface area contributed by atoms with Crippen molar-refractivity contribution in [2.45, 2.75) is 57.8 Å². The Balaban J connectivity index is 1.58. The highest BCUT2D eigenvalue weighted by Crippen LogP contribution is 2.38. The maximum Gasteiger partial charge on any atom is 0.408 e. The SMILES string of the molecule is CC(C)(C)OC(=O)N[C@]1(C(=O)O)CCc2cccc(Oc3ccccc3C(=O)OCc3ccccc3)c2C1. The molecular weight excluding hydrogens is 486 g/mol. The van der Waals surface area contributed by atoms with E-state index in [4.69, 9.17) is 14.2 Å². The van der Waals surface area contributed by atoms with Gasteiger partial charge in [-0.3, -0.25) is 0 Å². The number of esters is 1. The molecule has 8 nitrogen and oxygen atoms in total. The van der Waals surface area contributed by atoms with E-state index in [1.54, 1.807) is 51.1 Å². The first kappa shape index (κ1) is 26.7. The highest BCUT2D eigenvalue weighted by atomic mass is 16.6. The van der Waals surface area contributed by atoms with Crippen LogP contribution < -0.4 is 10.1 Å². The van der Waals surface area contributed by atoms with E-state index in [0.717, 1.165) is 11.1 Å². The molecule has 1 amide bonds.